The Balaban J connectivity index is 0.000000206. The van der Waals surface area contributed by atoms with Gasteiger partial charge in [0.1, 0.15) is 0 Å². The Labute approximate surface area is 82.8 Å². The van der Waals surface area contributed by atoms with Crippen molar-refractivity contribution >= 4 is 11.9 Å². The van der Waals surface area contributed by atoms with E-state index in [0.29, 0.717) is 0 Å². The standard InChI is InChI=1S/C6H6.C4H5NS.H2O/c2*1-2-4-6-5-3-1;/h1-6H;1-5H;1H2. The number of benzene rings is 1. The molecule has 0 aliphatic carbocycles. The van der Waals surface area contributed by atoms with E-state index in [4.69, 9.17) is 0 Å². The summed E-state index contributed by atoms with van der Waals surface area (Å²) in [5.74, 6) is 0. The number of nitrogens with one attached hydrogen (secondary N) is 1. The maximum absolute atomic E-state index is 2.93. The second-order valence-electron chi connectivity index (χ2n) is 2.08. The zero-order valence-electron chi connectivity index (χ0n) is 7.18. The van der Waals surface area contributed by atoms with Gasteiger partial charge >= 0.3 is 0 Å². The van der Waals surface area contributed by atoms with Gasteiger partial charge in [0.2, 0.25) is 0 Å². The Morgan fingerprint density at radius 1 is 0.769 bits per heavy atom. The molecule has 1 aromatic carbocycles. The number of hydrogen-bond acceptors (Lipinski definition) is 2. The van der Waals surface area contributed by atoms with Gasteiger partial charge in [-0.05, 0) is 23.4 Å². The first-order valence-corrected chi connectivity index (χ1v) is 4.61. The quantitative estimate of drug-likeness (QED) is 0.644. The molecular formula is C10H13NOS. The largest absolute Gasteiger partial charge is 0.412 e. The van der Waals surface area contributed by atoms with Gasteiger partial charge in [-0.2, -0.15) is 0 Å². The van der Waals surface area contributed by atoms with Crippen LogP contribution in [0.5, 0.6) is 0 Å². The topological polar surface area (TPSA) is 43.5 Å². The van der Waals surface area contributed by atoms with Crippen LogP contribution in [0.3, 0.4) is 0 Å². The van der Waals surface area contributed by atoms with Gasteiger partial charge in [0.15, 0.2) is 0 Å². The fraction of sp³-hybridized carbons (Fsp3) is 0. The summed E-state index contributed by atoms with van der Waals surface area (Å²) in [7, 11) is 0. The average molecular weight is 195 g/mol. The van der Waals surface area contributed by atoms with E-state index in [1.807, 2.05) is 60.2 Å². The van der Waals surface area contributed by atoms with Gasteiger partial charge < -0.3 is 10.2 Å². The lowest BCUT2D eigenvalue weighted by atomic mass is 10.4. The molecule has 70 valence electrons. The fourth-order valence-corrected chi connectivity index (χ4v) is 1.05. The van der Waals surface area contributed by atoms with Crippen LogP contribution in [0.1, 0.15) is 0 Å². The van der Waals surface area contributed by atoms with Crippen molar-refractivity contribution < 1.29 is 5.48 Å². The highest BCUT2D eigenvalue weighted by atomic mass is 32.2. The lowest BCUT2D eigenvalue weighted by Gasteiger charge is -1.93. The smallest absolute Gasteiger partial charge is 0.00756 e. The first-order chi connectivity index (χ1) is 6.00. The fourth-order valence-electron chi connectivity index (χ4n) is 0.643. The van der Waals surface area contributed by atoms with Crippen LogP contribution < -0.4 is 4.72 Å². The molecule has 0 amide bonds. The summed E-state index contributed by atoms with van der Waals surface area (Å²) in [6.07, 6.45) is 5.84. The van der Waals surface area contributed by atoms with Crippen molar-refractivity contribution in [2.24, 2.45) is 0 Å². The molecule has 0 bridgehead atoms. The van der Waals surface area contributed by atoms with Crippen LogP contribution in [-0.2, 0) is 0 Å². The van der Waals surface area contributed by atoms with Crippen LogP contribution in [0.15, 0.2) is 60.2 Å². The minimum absolute atomic E-state index is 0. The van der Waals surface area contributed by atoms with Crippen molar-refractivity contribution in [2.75, 3.05) is 0 Å². The van der Waals surface area contributed by atoms with E-state index in [2.05, 4.69) is 4.72 Å². The molecular weight excluding hydrogens is 182 g/mol. The molecule has 0 saturated heterocycles. The zero-order chi connectivity index (χ0) is 8.49. The van der Waals surface area contributed by atoms with Crippen molar-refractivity contribution in [3.63, 3.8) is 0 Å². The summed E-state index contributed by atoms with van der Waals surface area (Å²) in [6.45, 7) is 0. The third-order valence-electron chi connectivity index (χ3n) is 1.16. The highest BCUT2D eigenvalue weighted by Crippen LogP contribution is 1.98. The lowest BCUT2D eigenvalue weighted by molar-refractivity contribution is 0.824. The summed E-state index contributed by atoms with van der Waals surface area (Å²) < 4.78 is 2.93. The van der Waals surface area contributed by atoms with Gasteiger partial charge in [-0.25, -0.2) is 0 Å². The van der Waals surface area contributed by atoms with Crippen LogP contribution in [0, 0.1) is 0 Å². The lowest BCUT2D eigenvalue weighted by Crippen LogP contribution is -1.88. The van der Waals surface area contributed by atoms with Gasteiger partial charge in [0.25, 0.3) is 0 Å². The normalized spacial score (nSPS) is 11.7. The van der Waals surface area contributed by atoms with Crippen LogP contribution >= 0.6 is 11.9 Å². The van der Waals surface area contributed by atoms with Crippen molar-refractivity contribution in [3.05, 3.63) is 60.2 Å². The first kappa shape index (κ1) is 11.8. The van der Waals surface area contributed by atoms with Crippen LogP contribution in [-0.4, -0.2) is 5.48 Å². The van der Waals surface area contributed by atoms with Crippen molar-refractivity contribution in [1.29, 1.82) is 0 Å². The van der Waals surface area contributed by atoms with Crippen molar-refractivity contribution in [3.8, 4) is 0 Å². The third-order valence-corrected chi connectivity index (χ3v) is 1.72. The number of hydrogen-bond donors (Lipinski definition) is 1. The predicted molar refractivity (Wildman–Crippen MR) is 59.1 cm³/mol. The summed E-state index contributed by atoms with van der Waals surface area (Å²) in [5.41, 5.74) is 0. The molecule has 0 spiro atoms. The molecule has 13 heavy (non-hydrogen) atoms. The molecule has 0 aromatic heterocycles. The van der Waals surface area contributed by atoms with Gasteiger partial charge in [0.05, 0.1) is 0 Å². The molecule has 1 aliphatic rings. The second kappa shape index (κ2) is 8.90. The Morgan fingerprint density at radius 2 is 1.31 bits per heavy atom. The van der Waals surface area contributed by atoms with E-state index in [1.54, 1.807) is 11.9 Å². The predicted octanol–water partition coefficient (Wildman–Crippen LogP) is 2.13. The highest BCUT2D eigenvalue weighted by molar-refractivity contribution is 8.00. The SMILES string of the molecule is C1=CNSC=C1.O.c1ccccc1. The molecule has 0 atom stereocenters. The monoisotopic (exact) mass is 195 g/mol. The zero-order valence-corrected chi connectivity index (χ0v) is 8.00. The molecule has 1 aliphatic heterocycles. The summed E-state index contributed by atoms with van der Waals surface area (Å²) in [4.78, 5) is 0. The van der Waals surface area contributed by atoms with E-state index < -0.39 is 0 Å². The molecule has 0 radical (unpaired) electrons. The molecule has 3 heteroatoms. The Bertz CT molecular complexity index is 208. The molecule has 1 aromatic rings. The van der Waals surface area contributed by atoms with Gasteiger partial charge in [-0.1, -0.05) is 42.5 Å². The maximum Gasteiger partial charge on any atom is 0.00756 e. The van der Waals surface area contributed by atoms with Crippen LogP contribution in [0.25, 0.3) is 0 Å². The first-order valence-electron chi connectivity index (χ1n) is 3.73. The minimum Gasteiger partial charge on any atom is -0.412 e. The second-order valence-corrected chi connectivity index (χ2v) is 2.82. The molecule has 0 saturated carbocycles. The number of rotatable bonds is 0. The van der Waals surface area contributed by atoms with Crippen molar-refractivity contribution in [1.82, 2.24) is 4.72 Å². The average Bonchev–Trinajstić information content (AvgIpc) is 2.24. The van der Waals surface area contributed by atoms with Crippen LogP contribution in [0.4, 0.5) is 0 Å². The maximum atomic E-state index is 2.93. The van der Waals surface area contributed by atoms with Crippen LogP contribution in [0.2, 0.25) is 0 Å². The molecule has 2 nitrogen and oxygen atoms in total. The van der Waals surface area contributed by atoms with Crippen molar-refractivity contribution in [2.45, 2.75) is 0 Å². The summed E-state index contributed by atoms with van der Waals surface area (Å²) >= 11 is 1.58. The molecule has 1 heterocycles. The summed E-state index contributed by atoms with van der Waals surface area (Å²) in [5, 5.41) is 1.99. The van der Waals surface area contributed by atoms with Gasteiger partial charge in [-0.3, -0.25) is 0 Å². The molecule has 2 rings (SSSR count). The minimum atomic E-state index is 0. The summed E-state index contributed by atoms with van der Waals surface area (Å²) in [6, 6.07) is 12.0. The Kier molecular flexibility index (Phi) is 8.09. The van der Waals surface area contributed by atoms with E-state index >= 15 is 0 Å². The molecule has 0 unspecified atom stereocenters. The van der Waals surface area contributed by atoms with E-state index in [0.717, 1.165) is 0 Å². The van der Waals surface area contributed by atoms with Gasteiger partial charge in [0, 0.05) is 6.20 Å². The Morgan fingerprint density at radius 3 is 1.46 bits per heavy atom. The number of allylic oxidation sites excluding steroid dienone is 2. The third kappa shape index (κ3) is 7.18. The molecule has 0 fully saturated rings. The highest BCUT2D eigenvalue weighted by Gasteiger charge is 1.74. The Hall–Kier alpha value is -1.19. The van der Waals surface area contributed by atoms with Gasteiger partial charge in [-0.15, -0.1) is 0 Å². The molecule has 3 N–H and O–H groups in total. The van der Waals surface area contributed by atoms with E-state index in [-0.39, 0.29) is 5.48 Å². The van der Waals surface area contributed by atoms with E-state index in [9.17, 15) is 0 Å². The van der Waals surface area contributed by atoms with E-state index in [1.165, 1.54) is 0 Å².